The number of ether oxygens (including phenoxy) is 2. The highest BCUT2D eigenvalue weighted by molar-refractivity contribution is 7.92. The van der Waals surface area contributed by atoms with Gasteiger partial charge in [-0.1, -0.05) is 11.6 Å². The fourth-order valence-corrected chi connectivity index (χ4v) is 2.99. The first kappa shape index (κ1) is 20.5. The predicted octanol–water partition coefficient (Wildman–Crippen LogP) is 1.66. The van der Waals surface area contributed by atoms with Gasteiger partial charge in [0.25, 0.3) is 0 Å². The molecule has 1 amide bonds. The van der Waals surface area contributed by atoms with E-state index < -0.39 is 15.9 Å². The molecule has 1 aromatic rings. The lowest BCUT2D eigenvalue weighted by Gasteiger charge is -2.24. The maximum atomic E-state index is 12.1. The monoisotopic (exact) mass is 378 g/mol. The van der Waals surface area contributed by atoms with Crippen LogP contribution in [0.25, 0.3) is 0 Å². The molecule has 0 saturated carbocycles. The van der Waals surface area contributed by atoms with Crippen molar-refractivity contribution >= 4 is 33.2 Å². The van der Waals surface area contributed by atoms with Gasteiger partial charge in [0.05, 0.1) is 19.1 Å². The summed E-state index contributed by atoms with van der Waals surface area (Å²) in [6, 6.07) is 4.58. The van der Waals surface area contributed by atoms with Crippen LogP contribution in [0.4, 0.5) is 5.69 Å². The molecule has 0 aromatic heterocycles. The SMILES string of the molecule is CCOCCCNC(=O)CN(c1cc(Cl)ccc1OC)S(C)(=O)=O. The molecule has 0 radical (unpaired) electrons. The van der Waals surface area contributed by atoms with E-state index in [9.17, 15) is 13.2 Å². The number of benzene rings is 1. The number of rotatable bonds is 10. The van der Waals surface area contributed by atoms with E-state index in [0.29, 0.717) is 37.0 Å². The number of sulfonamides is 1. The molecule has 0 bridgehead atoms. The van der Waals surface area contributed by atoms with E-state index in [2.05, 4.69) is 5.32 Å². The third kappa shape index (κ3) is 6.54. The molecule has 1 N–H and O–H groups in total. The third-order valence-electron chi connectivity index (χ3n) is 3.09. The molecule has 0 spiro atoms. The first-order valence-electron chi connectivity index (χ1n) is 7.45. The van der Waals surface area contributed by atoms with Crippen LogP contribution in [0.5, 0.6) is 5.75 Å². The van der Waals surface area contributed by atoms with E-state index in [4.69, 9.17) is 21.1 Å². The summed E-state index contributed by atoms with van der Waals surface area (Å²) in [4.78, 5) is 12.1. The standard InChI is InChI=1S/C15H23ClN2O5S/c1-4-23-9-5-8-17-15(19)11-18(24(3,20)21)13-10-12(16)6-7-14(13)22-2/h6-7,10H,4-5,8-9,11H2,1-3H3,(H,17,19). The van der Waals surface area contributed by atoms with Crippen molar-refractivity contribution in [2.45, 2.75) is 13.3 Å². The van der Waals surface area contributed by atoms with Gasteiger partial charge >= 0.3 is 0 Å². The zero-order chi connectivity index (χ0) is 18.2. The molecule has 136 valence electrons. The molecule has 1 aromatic carbocycles. The van der Waals surface area contributed by atoms with Crippen molar-refractivity contribution in [1.82, 2.24) is 5.32 Å². The van der Waals surface area contributed by atoms with Gasteiger partial charge in [0.2, 0.25) is 15.9 Å². The highest BCUT2D eigenvalue weighted by atomic mass is 35.5. The number of methoxy groups -OCH3 is 1. The largest absolute Gasteiger partial charge is 0.495 e. The van der Waals surface area contributed by atoms with E-state index in [0.717, 1.165) is 10.6 Å². The van der Waals surface area contributed by atoms with Crippen molar-refractivity contribution in [3.63, 3.8) is 0 Å². The number of nitrogens with one attached hydrogen (secondary N) is 1. The van der Waals surface area contributed by atoms with Gasteiger partial charge in [-0.25, -0.2) is 8.42 Å². The minimum absolute atomic E-state index is 0.219. The van der Waals surface area contributed by atoms with Crippen molar-refractivity contribution < 1.29 is 22.7 Å². The summed E-state index contributed by atoms with van der Waals surface area (Å²) < 4.78 is 35.5. The topological polar surface area (TPSA) is 84.9 Å². The summed E-state index contributed by atoms with van der Waals surface area (Å²) in [5.74, 6) is -0.104. The van der Waals surface area contributed by atoms with Crippen LogP contribution in [0.15, 0.2) is 18.2 Å². The van der Waals surface area contributed by atoms with Gasteiger partial charge in [0, 0.05) is 24.8 Å². The Morgan fingerprint density at radius 2 is 2.08 bits per heavy atom. The first-order chi connectivity index (χ1) is 11.3. The van der Waals surface area contributed by atoms with Crippen LogP contribution in [0.3, 0.4) is 0 Å². The molecule has 1 rings (SSSR count). The Labute approximate surface area is 147 Å². The molecule has 0 aliphatic rings. The Kier molecular flexibility index (Phi) is 8.30. The third-order valence-corrected chi connectivity index (χ3v) is 4.45. The lowest BCUT2D eigenvalue weighted by atomic mass is 10.3. The number of nitrogens with zero attached hydrogens (tertiary/aromatic N) is 1. The van der Waals surface area contributed by atoms with Crippen molar-refractivity contribution in [3.8, 4) is 5.75 Å². The number of hydrogen-bond donors (Lipinski definition) is 1. The van der Waals surface area contributed by atoms with Crippen molar-refractivity contribution in [3.05, 3.63) is 23.2 Å². The van der Waals surface area contributed by atoms with Crippen LogP contribution < -0.4 is 14.4 Å². The second-order valence-corrected chi connectivity index (χ2v) is 7.33. The smallest absolute Gasteiger partial charge is 0.240 e. The summed E-state index contributed by atoms with van der Waals surface area (Å²) in [6.07, 6.45) is 1.68. The molecule has 24 heavy (non-hydrogen) atoms. The van der Waals surface area contributed by atoms with Crippen molar-refractivity contribution in [2.24, 2.45) is 0 Å². The summed E-state index contributed by atoms with van der Waals surface area (Å²) in [5, 5.41) is 3.01. The molecule has 0 aliphatic heterocycles. The lowest BCUT2D eigenvalue weighted by molar-refractivity contribution is -0.119. The highest BCUT2D eigenvalue weighted by Gasteiger charge is 2.24. The molecule has 0 fully saturated rings. The van der Waals surface area contributed by atoms with Crippen LogP contribution in [0.2, 0.25) is 5.02 Å². The second kappa shape index (κ2) is 9.71. The summed E-state index contributed by atoms with van der Waals surface area (Å²) in [6.45, 7) is 3.09. The van der Waals surface area contributed by atoms with E-state index >= 15 is 0 Å². The Morgan fingerprint density at radius 1 is 1.38 bits per heavy atom. The molecule has 0 atom stereocenters. The number of anilines is 1. The van der Waals surface area contributed by atoms with Crippen LogP contribution in [-0.2, 0) is 19.6 Å². The molecule has 9 heteroatoms. The number of carbonyl (C=O) groups is 1. The molecular formula is C15H23ClN2O5S. The van der Waals surface area contributed by atoms with Gasteiger partial charge < -0.3 is 14.8 Å². The van der Waals surface area contributed by atoms with Crippen LogP contribution in [0, 0.1) is 0 Å². The lowest BCUT2D eigenvalue weighted by Crippen LogP contribution is -2.41. The van der Waals surface area contributed by atoms with Gasteiger partial charge in [-0.15, -0.1) is 0 Å². The molecule has 0 aliphatic carbocycles. The second-order valence-electron chi connectivity index (χ2n) is 4.99. The molecule has 0 heterocycles. The van der Waals surface area contributed by atoms with E-state index in [1.165, 1.54) is 13.2 Å². The summed E-state index contributed by atoms with van der Waals surface area (Å²) in [5.41, 5.74) is 0.219. The Balaban J connectivity index is 2.85. The zero-order valence-electron chi connectivity index (χ0n) is 14.0. The Hall–Kier alpha value is -1.51. The fourth-order valence-electron chi connectivity index (χ4n) is 1.97. The zero-order valence-corrected chi connectivity index (χ0v) is 15.6. The normalized spacial score (nSPS) is 11.2. The quantitative estimate of drug-likeness (QED) is 0.626. The maximum Gasteiger partial charge on any atom is 0.240 e. The van der Waals surface area contributed by atoms with E-state index in [-0.39, 0.29) is 12.2 Å². The van der Waals surface area contributed by atoms with Crippen LogP contribution >= 0.6 is 11.6 Å². The number of hydrogen-bond acceptors (Lipinski definition) is 5. The van der Waals surface area contributed by atoms with Gasteiger partial charge in [0.15, 0.2) is 0 Å². The van der Waals surface area contributed by atoms with E-state index in [1.807, 2.05) is 6.92 Å². The molecule has 7 nitrogen and oxygen atoms in total. The fraction of sp³-hybridized carbons (Fsp3) is 0.533. The van der Waals surface area contributed by atoms with Crippen molar-refractivity contribution in [1.29, 1.82) is 0 Å². The average molecular weight is 379 g/mol. The van der Waals surface area contributed by atoms with Crippen LogP contribution in [0.1, 0.15) is 13.3 Å². The predicted molar refractivity (Wildman–Crippen MR) is 94.3 cm³/mol. The minimum atomic E-state index is -3.69. The summed E-state index contributed by atoms with van der Waals surface area (Å²) >= 11 is 5.95. The maximum absolute atomic E-state index is 12.1. The first-order valence-corrected chi connectivity index (χ1v) is 9.68. The van der Waals surface area contributed by atoms with Gasteiger partial charge in [-0.2, -0.15) is 0 Å². The van der Waals surface area contributed by atoms with Gasteiger partial charge in [-0.3, -0.25) is 9.10 Å². The molecule has 0 saturated heterocycles. The molecule has 0 unspecified atom stereocenters. The molecular weight excluding hydrogens is 356 g/mol. The Bertz CT molecular complexity index is 651. The number of amides is 1. The summed E-state index contributed by atoms with van der Waals surface area (Å²) in [7, 11) is -2.27. The average Bonchev–Trinajstić information content (AvgIpc) is 2.51. The van der Waals surface area contributed by atoms with Crippen molar-refractivity contribution in [2.75, 3.05) is 44.0 Å². The van der Waals surface area contributed by atoms with Gasteiger partial charge in [0.1, 0.15) is 12.3 Å². The number of halogens is 1. The van der Waals surface area contributed by atoms with Crippen LogP contribution in [-0.4, -0.2) is 54.0 Å². The number of carbonyl (C=O) groups excluding carboxylic acids is 1. The van der Waals surface area contributed by atoms with Gasteiger partial charge in [-0.05, 0) is 31.5 Å². The minimum Gasteiger partial charge on any atom is -0.495 e. The Morgan fingerprint density at radius 3 is 2.67 bits per heavy atom. The van der Waals surface area contributed by atoms with E-state index in [1.54, 1.807) is 12.1 Å². The highest BCUT2D eigenvalue weighted by Crippen LogP contribution is 2.32.